The van der Waals surface area contributed by atoms with Crippen molar-refractivity contribution in [1.29, 1.82) is 0 Å². The van der Waals surface area contributed by atoms with Crippen molar-refractivity contribution in [2.75, 3.05) is 16.8 Å². The molecule has 0 bridgehead atoms. The monoisotopic (exact) mass is 516 g/mol. The van der Waals surface area contributed by atoms with E-state index in [2.05, 4.69) is 17.4 Å². The Morgan fingerprint density at radius 3 is 2.35 bits per heavy atom. The molecule has 1 aliphatic heterocycles. The van der Waals surface area contributed by atoms with Gasteiger partial charge in [0, 0.05) is 10.7 Å². The van der Waals surface area contributed by atoms with E-state index in [9.17, 15) is 19.2 Å². The van der Waals surface area contributed by atoms with Crippen molar-refractivity contribution in [3.63, 3.8) is 0 Å². The summed E-state index contributed by atoms with van der Waals surface area (Å²) < 4.78 is 5.10. The number of halogens is 1. The molecule has 3 amide bonds. The van der Waals surface area contributed by atoms with Crippen molar-refractivity contribution in [2.45, 2.75) is 25.2 Å². The molecule has 3 aromatic rings. The number of nitrogens with one attached hydrogen (secondary N) is 1. The average molecular weight is 517 g/mol. The SMILES string of the molecule is O=C(COC(=O)c1ccc(N2C(=O)[C@@H]3CC[C@H](c4ccccc4)C[C@H]3C2=O)cc1)Nc1cccc(Cl)c1. The Kier molecular flexibility index (Phi) is 7.06. The van der Waals surface area contributed by atoms with Gasteiger partial charge in [0.05, 0.1) is 23.1 Å². The minimum Gasteiger partial charge on any atom is -0.452 e. The summed E-state index contributed by atoms with van der Waals surface area (Å²) in [7, 11) is 0. The van der Waals surface area contributed by atoms with Crippen molar-refractivity contribution in [3.05, 3.63) is 95.0 Å². The van der Waals surface area contributed by atoms with E-state index in [1.54, 1.807) is 36.4 Å². The molecule has 1 heterocycles. The molecular formula is C29H25ClN2O5. The van der Waals surface area contributed by atoms with Gasteiger partial charge >= 0.3 is 5.97 Å². The molecule has 188 valence electrons. The third-order valence-corrected chi connectivity index (χ3v) is 7.24. The Balaban J connectivity index is 1.20. The third-order valence-electron chi connectivity index (χ3n) is 7.00. The number of carbonyl (C=O) groups excluding carboxylic acids is 4. The lowest BCUT2D eigenvalue weighted by molar-refractivity contribution is -0.122. The molecule has 1 N–H and O–H groups in total. The van der Waals surface area contributed by atoms with Crippen LogP contribution in [0.1, 0.15) is 41.1 Å². The van der Waals surface area contributed by atoms with Gasteiger partial charge in [-0.3, -0.25) is 19.3 Å². The number of carbonyl (C=O) groups is 4. The van der Waals surface area contributed by atoms with E-state index in [4.69, 9.17) is 16.3 Å². The molecule has 5 rings (SSSR count). The van der Waals surface area contributed by atoms with Crippen molar-refractivity contribution in [2.24, 2.45) is 11.8 Å². The van der Waals surface area contributed by atoms with Gasteiger partial charge in [0.1, 0.15) is 0 Å². The second-order valence-electron chi connectivity index (χ2n) is 9.33. The van der Waals surface area contributed by atoms with Crippen LogP contribution in [0.2, 0.25) is 5.02 Å². The van der Waals surface area contributed by atoms with E-state index in [-0.39, 0.29) is 35.1 Å². The van der Waals surface area contributed by atoms with Gasteiger partial charge in [-0.25, -0.2) is 4.79 Å². The first-order valence-corrected chi connectivity index (χ1v) is 12.5. The Morgan fingerprint density at radius 1 is 0.892 bits per heavy atom. The van der Waals surface area contributed by atoms with Gasteiger partial charge in [0.25, 0.3) is 5.91 Å². The summed E-state index contributed by atoms with van der Waals surface area (Å²) in [5.41, 5.74) is 2.33. The predicted octanol–water partition coefficient (Wildman–Crippen LogP) is 5.21. The van der Waals surface area contributed by atoms with Gasteiger partial charge in [-0.05, 0) is 73.2 Å². The fourth-order valence-electron chi connectivity index (χ4n) is 5.19. The number of ether oxygens (including phenoxy) is 1. The molecule has 1 saturated carbocycles. The van der Waals surface area contributed by atoms with Gasteiger partial charge in [0.15, 0.2) is 6.61 Å². The lowest BCUT2D eigenvalue weighted by atomic mass is 9.73. The molecular weight excluding hydrogens is 492 g/mol. The number of esters is 1. The number of nitrogens with zero attached hydrogens (tertiary/aromatic N) is 1. The van der Waals surface area contributed by atoms with Crippen LogP contribution in [0.5, 0.6) is 0 Å². The van der Waals surface area contributed by atoms with Gasteiger partial charge in [-0.15, -0.1) is 0 Å². The Morgan fingerprint density at radius 2 is 1.62 bits per heavy atom. The van der Waals surface area contributed by atoms with E-state index in [1.165, 1.54) is 22.6 Å². The van der Waals surface area contributed by atoms with E-state index < -0.39 is 18.5 Å². The van der Waals surface area contributed by atoms with Crippen molar-refractivity contribution in [3.8, 4) is 0 Å². The van der Waals surface area contributed by atoms with Crippen LogP contribution in [0.3, 0.4) is 0 Å². The number of imide groups is 1. The Hall–Kier alpha value is -3.97. The van der Waals surface area contributed by atoms with E-state index in [0.717, 1.165) is 6.42 Å². The molecule has 0 radical (unpaired) electrons. The topological polar surface area (TPSA) is 92.8 Å². The maximum Gasteiger partial charge on any atom is 0.338 e. The molecule has 37 heavy (non-hydrogen) atoms. The van der Waals surface area contributed by atoms with Crippen molar-refractivity contribution >= 4 is 46.7 Å². The minimum atomic E-state index is -0.689. The highest BCUT2D eigenvalue weighted by Gasteiger charge is 2.50. The van der Waals surface area contributed by atoms with Gasteiger partial charge in [-0.2, -0.15) is 0 Å². The lowest BCUT2D eigenvalue weighted by Crippen LogP contribution is -2.30. The smallest absolute Gasteiger partial charge is 0.338 e. The molecule has 3 aromatic carbocycles. The number of fused-ring (bicyclic) bond motifs is 1. The normalized spacial score (nSPS) is 20.9. The van der Waals surface area contributed by atoms with Gasteiger partial charge in [-0.1, -0.05) is 48.0 Å². The number of anilines is 2. The third kappa shape index (κ3) is 5.27. The second kappa shape index (κ2) is 10.6. The van der Waals surface area contributed by atoms with Crippen molar-refractivity contribution in [1.82, 2.24) is 0 Å². The molecule has 0 aromatic heterocycles. The molecule has 3 atom stereocenters. The van der Waals surface area contributed by atoms with Crippen LogP contribution < -0.4 is 10.2 Å². The molecule has 1 aliphatic carbocycles. The first-order chi connectivity index (χ1) is 17.9. The molecule has 2 aliphatic rings. The maximum absolute atomic E-state index is 13.3. The summed E-state index contributed by atoms with van der Waals surface area (Å²) in [6, 6.07) is 22.8. The molecule has 1 saturated heterocycles. The Bertz CT molecular complexity index is 1340. The highest BCUT2D eigenvalue weighted by atomic mass is 35.5. The molecule has 7 nitrogen and oxygen atoms in total. The zero-order valence-electron chi connectivity index (χ0n) is 19.9. The maximum atomic E-state index is 13.3. The largest absolute Gasteiger partial charge is 0.452 e. The van der Waals surface area contributed by atoms with E-state index in [0.29, 0.717) is 29.2 Å². The highest BCUT2D eigenvalue weighted by Crippen LogP contribution is 2.45. The van der Waals surface area contributed by atoms with E-state index >= 15 is 0 Å². The summed E-state index contributed by atoms with van der Waals surface area (Å²) in [6.45, 7) is -0.470. The molecule has 0 spiro atoms. The van der Waals surface area contributed by atoms with Crippen LogP contribution >= 0.6 is 11.6 Å². The summed E-state index contributed by atoms with van der Waals surface area (Å²) in [5.74, 6) is -1.96. The second-order valence-corrected chi connectivity index (χ2v) is 9.76. The molecule has 2 fully saturated rings. The summed E-state index contributed by atoms with van der Waals surface area (Å²) in [4.78, 5) is 52.1. The predicted molar refractivity (Wildman–Crippen MR) is 139 cm³/mol. The summed E-state index contributed by atoms with van der Waals surface area (Å²) in [6.07, 6.45) is 2.19. The van der Waals surface area contributed by atoms with Crippen molar-refractivity contribution < 1.29 is 23.9 Å². The lowest BCUT2D eigenvalue weighted by Gasteiger charge is -2.28. The number of benzene rings is 3. The van der Waals surface area contributed by atoms with Crippen LogP contribution in [0, 0.1) is 11.8 Å². The number of amides is 3. The summed E-state index contributed by atoms with van der Waals surface area (Å²) in [5, 5.41) is 3.07. The fourth-order valence-corrected chi connectivity index (χ4v) is 5.38. The quantitative estimate of drug-likeness (QED) is 0.358. The van der Waals surface area contributed by atoms with Crippen LogP contribution in [0.15, 0.2) is 78.9 Å². The fraction of sp³-hybridized carbons (Fsp3) is 0.241. The average Bonchev–Trinajstić information content (AvgIpc) is 3.17. The van der Waals surface area contributed by atoms with E-state index in [1.807, 2.05) is 18.2 Å². The first kappa shape index (κ1) is 24.7. The van der Waals surface area contributed by atoms with Gasteiger partial charge in [0.2, 0.25) is 11.8 Å². The zero-order valence-corrected chi connectivity index (χ0v) is 20.7. The number of rotatable bonds is 6. The van der Waals surface area contributed by atoms with Crippen LogP contribution in [-0.4, -0.2) is 30.3 Å². The minimum absolute atomic E-state index is 0.186. The number of hydrogen-bond donors (Lipinski definition) is 1. The van der Waals surface area contributed by atoms with Crippen LogP contribution in [-0.2, 0) is 19.1 Å². The number of hydrogen-bond acceptors (Lipinski definition) is 5. The molecule has 8 heteroatoms. The molecule has 0 unspecified atom stereocenters. The van der Waals surface area contributed by atoms with Gasteiger partial charge < -0.3 is 10.1 Å². The standard InChI is InChI=1S/C29H25ClN2O5/c30-21-7-4-8-22(16-21)31-26(33)17-37-29(36)19-9-12-23(13-10-19)32-27(34)24-14-11-20(15-25(24)28(32)35)18-5-2-1-3-6-18/h1-10,12-13,16,20,24-25H,11,14-15,17H2,(H,31,33)/t20-,24+,25+/m0/s1. The zero-order chi connectivity index (χ0) is 25.9. The highest BCUT2D eigenvalue weighted by molar-refractivity contribution is 6.30. The van der Waals surface area contributed by atoms with Crippen LogP contribution in [0.25, 0.3) is 0 Å². The van der Waals surface area contributed by atoms with Crippen LogP contribution in [0.4, 0.5) is 11.4 Å². The summed E-state index contributed by atoms with van der Waals surface area (Å²) >= 11 is 5.90. The first-order valence-electron chi connectivity index (χ1n) is 12.2. The Labute approximate surface area is 219 Å².